The van der Waals surface area contributed by atoms with Crippen molar-refractivity contribution < 1.29 is 9.59 Å². The van der Waals surface area contributed by atoms with Crippen molar-refractivity contribution in [1.82, 2.24) is 4.90 Å². The Labute approximate surface area is 151 Å². The highest BCUT2D eigenvalue weighted by molar-refractivity contribution is 6.01. The molecule has 25 heavy (non-hydrogen) atoms. The molecule has 0 aromatic carbocycles. The highest BCUT2D eigenvalue weighted by atomic mass is 16.2. The molecule has 4 aliphatic rings. The number of rotatable bonds is 1. The van der Waals surface area contributed by atoms with Gasteiger partial charge in [-0.1, -0.05) is 25.8 Å². The van der Waals surface area contributed by atoms with Crippen molar-refractivity contribution >= 4 is 11.8 Å². The maximum atomic E-state index is 12.7. The maximum absolute atomic E-state index is 12.7. The van der Waals surface area contributed by atoms with Crippen molar-refractivity contribution in [3.05, 3.63) is 11.3 Å². The second-order valence-electron chi connectivity index (χ2n) is 9.77. The number of carbonyl (C=O) groups excluding carboxylic acids is 2. The zero-order chi connectivity index (χ0) is 18.1. The van der Waals surface area contributed by atoms with Crippen LogP contribution >= 0.6 is 0 Å². The summed E-state index contributed by atoms with van der Waals surface area (Å²) >= 11 is 0. The molecule has 2 saturated carbocycles. The summed E-state index contributed by atoms with van der Waals surface area (Å²) in [6, 6.07) is 0. The Bertz CT molecular complexity index is 669. The third-order valence-corrected chi connectivity index (χ3v) is 8.46. The van der Waals surface area contributed by atoms with Gasteiger partial charge < -0.3 is 10.6 Å². The number of hydrogen-bond acceptors (Lipinski definition) is 2. The Hall–Kier alpha value is -1.32. The van der Waals surface area contributed by atoms with Crippen molar-refractivity contribution in [3.63, 3.8) is 0 Å². The number of carbonyl (C=O) groups is 2. The first-order valence-corrected chi connectivity index (χ1v) is 9.96. The van der Waals surface area contributed by atoms with Crippen LogP contribution in [0.3, 0.4) is 0 Å². The molecule has 0 spiro atoms. The van der Waals surface area contributed by atoms with Crippen molar-refractivity contribution in [2.24, 2.45) is 40.2 Å². The number of primary amides is 1. The molecule has 1 saturated heterocycles. The van der Waals surface area contributed by atoms with Gasteiger partial charge in [-0.3, -0.25) is 9.59 Å². The van der Waals surface area contributed by atoms with Crippen molar-refractivity contribution in [3.8, 4) is 0 Å². The summed E-state index contributed by atoms with van der Waals surface area (Å²) in [4.78, 5) is 26.4. The SMILES string of the molecule is CC1=C2N(C)C(=O)C(C(N)=O)C[C@]2(C)[C@@H]2CC[C@]3(C)CCC[C@H]3[C@@H]2C1. The van der Waals surface area contributed by atoms with Crippen LogP contribution in [0.25, 0.3) is 0 Å². The van der Waals surface area contributed by atoms with E-state index in [1.54, 1.807) is 4.90 Å². The summed E-state index contributed by atoms with van der Waals surface area (Å²) < 4.78 is 0. The Kier molecular flexibility index (Phi) is 3.66. The van der Waals surface area contributed by atoms with E-state index in [-0.39, 0.29) is 11.3 Å². The monoisotopic (exact) mass is 344 g/mol. The first-order chi connectivity index (χ1) is 11.7. The average molecular weight is 344 g/mol. The third kappa shape index (κ3) is 2.18. The zero-order valence-electron chi connectivity index (χ0n) is 16.1. The van der Waals surface area contributed by atoms with Crippen LogP contribution in [0.5, 0.6) is 0 Å². The van der Waals surface area contributed by atoms with Gasteiger partial charge in [-0.2, -0.15) is 0 Å². The second kappa shape index (κ2) is 5.34. The zero-order valence-corrected chi connectivity index (χ0v) is 16.1. The standard InChI is InChI=1S/C21H32N2O2/c1-12-10-13-15-6-5-8-20(15,2)9-7-16(13)21(3)11-14(18(22)24)19(25)23(4)17(12)21/h13-16H,5-11H2,1-4H3,(H2,22,24)/t13-,14?,15-,16+,20-,21+/m0/s1. The van der Waals surface area contributed by atoms with E-state index in [9.17, 15) is 9.59 Å². The highest BCUT2D eigenvalue weighted by Crippen LogP contribution is 2.65. The third-order valence-electron chi connectivity index (χ3n) is 8.46. The van der Waals surface area contributed by atoms with E-state index >= 15 is 0 Å². The van der Waals surface area contributed by atoms with Gasteiger partial charge in [0.25, 0.3) is 0 Å². The molecule has 4 heteroatoms. The van der Waals surface area contributed by atoms with Crippen LogP contribution in [0, 0.1) is 34.5 Å². The summed E-state index contributed by atoms with van der Waals surface area (Å²) in [5, 5.41) is 0. The van der Waals surface area contributed by atoms with Gasteiger partial charge in [-0.15, -0.1) is 0 Å². The first-order valence-electron chi connectivity index (χ1n) is 9.96. The minimum Gasteiger partial charge on any atom is -0.369 e. The van der Waals surface area contributed by atoms with Crippen molar-refractivity contribution in [2.45, 2.75) is 65.7 Å². The fraction of sp³-hybridized carbons (Fsp3) is 0.810. The van der Waals surface area contributed by atoms with Crippen LogP contribution in [0.4, 0.5) is 0 Å². The molecule has 138 valence electrons. The predicted octanol–water partition coefficient (Wildman–Crippen LogP) is 3.47. The van der Waals surface area contributed by atoms with Crippen LogP contribution in [0.1, 0.15) is 65.7 Å². The number of nitrogens with two attached hydrogens (primary N) is 1. The van der Waals surface area contributed by atoms with Gasteiger partial charge in [0.05, 0.1) is 0 Å². The normalized spacial score (nSPS) is 46.6. The summed E-state index contributed by atoms with van der Waals surface area (Å²) in [5.74, 6) is 0.833. The fourth-order valence-corrected chi connectivity index (χ4v) is 7.46. The minimum atomic E-state index is -0.665. The lowest BCUT2D eigenvalue weighted by atomic mass is 9.48. The molecule has 0 bridgehead atoms. The van der Waals surface area contributed by atoms with Crippen molar-refractivity contribution in [1.29, 1.82) is 0 Å². The van der Waals surface area contributed by atoms with E-state index in [0.717, 1.165) is 12.3 Å². The number of likely N-dealkylation sites (tertiary alicyclic amines) is 1. The molecule has 2 N–H and O–H groups in total. The van der Waals surface area contributed by atoms with Gasteiger partial charge in [-0.05, 0) is 68.6 Å². The molecule has 0 aromatic heterocycles. The lowest BCUT2D eigenvalue weighted by molar-refractivity contribution is -0.148. The summed E-state index contributed by atoms with van der Waals surface area (Å²) in [6.07, 6.45) is 8.31. The van der Waals surface area contributed by atoms with E-state index in [1.807, 2.05) is 7.05 Å². The van der Waals surface area contributed by atoms with Crippen LogP contribution in [-0.2, 0) is 9.59 Å². The van der Waals surface area contributed by atoms with Gasteiger partial charge in [0.1, 0.15) is 5.92 Å². The smallest absolute Gasteiger partial charge is 0.239 e. The number of allylic oxidation sites excluding steroid dienone is 2. The molecule has 1 unspecified atom stereocenters. The molecule has 1 aliphatic heterocycles. The molecule has 0 radical (unpaired) electrons. The molecule has 4 rings (SSSR count). The number of fused-ring (bicyclic) bond motifs is 5. The lowest BCUT2D eigenvalue weighted by Crippen LogP contribution is -2.57. The van der Waals surface area contributed by atoms with Gasteiger partial charge in [-0.25, -0.2) is 0 Å². The maximum Gasteiger partial charge on any atom is 0.239 e. The number of piperidine rings is 1. The molecule has 3 aliphatic carbocycles. The Morgan fingerprint density at radius 2 is 1.92 bits per heavy atom. The number of hydrogen-bond donors (Lipinski definition) is 1. The molecule has 3 fully saturated rings. The molecule has 2 amide bonds. The Balaban J connectivity index is 1.79. The van der Waals surface area contributed by atoms with Crippen LogP contribution in [0.2, 0.25) is 0 Å². The molecular weight excluding hydrogens is 312 g/mol. The van der Waals surface area contributed by atoms with E-state index < -0.39 is 11.8 Å². The summed E-state index contributed by atoms with van der Waals surface area (Å²) in [6.45, 7) is 7.01. The van der Waals surface area contributed by atoms with Gasteiger partial charge in [0.2, 0.25) is 11.8 Å². The van der Waals surface area contributed by atoms with E-state index in [0.29, 0.717) is 23.7 Å². The second-order valence-corrected chi connectivity index (χ2v) is 9.77. The van der Waals surface area contributed by atoms with E-state index in [2.05, 4.69) is 20.8 Å². The fourth-order valence-electron chi connectivity index (χ4n) is 7.46. The highest BCUT2D eigenvalue weighted by Gasteiger charge is 2.59. The largest absolute Gasteiger partial charge is 0.369 e. The van der Waals surface area contributed by atoms with Crippen LogP contribution in [-0.4, -0.2) is 23.8 Å². The average Bonchev–Trinajstić information content (AvgIpc) is 2.92. The van der Waals surface area contributed by atoms with Crippen molar-refractivity contribution in [2.75, 3.05) is 7.05 Å². The quantitative estimate of drug-likeness (QED) is 0.740. The topological polar surface area (TPSA) is 63.4 Å². The van der Waals surface area contributed by atoms with Crippen LogP contribution < -0.4 is 5.73 Å². The van der Waals surface area contributed by atoms with Gasteiger partial charge in [0.15, 0.2) is 0 Å². The van der Waals surface area contributed by atoms with E-state index in [4.69, 9.17) is 5.73 Å². The predicted molar refractivity (Wildman–Crippen MR) is 97.2 cm³/mol. The first kappa shape index (κ1) is 17.1. The van der Waals surface area contributed by atoms with E-state index in [1.165, 1.54) is 43.4 Å². The lowest BCUT2D eigenvalue weighted by Gasteiger charge is -2.59. The number of nitrogens with zero attached hydrogens (tertiary/aromatic N) is 1. The molecule has 4 nitrogen and oxygen atoms in total. The Morgan fingerprint density at radius 3 is 2.60 bits per heavy atom. The number of amides is 2. The summed E-state index contributed by atoms with van der Waals surface area (Å²) in [7, 11) is 1.84. The minimum absolute atomic E-state index is 0.0979. The Morgan fingerprint density at radius 1 is 1.20 bits per heavy atom. The van der Waals surface area contributed by atoms with Gasteiger partial charge >= 0.3 is 0 Å². The molecule has 0 aromatic rings. The van der Waals surface area contributed by atoms with Gasteiger partial charge in [0, 0.05) is 18.2 Å². The molecule has 1 heterocycles. The van der Waals surface area contributed by atoms with Crippen LogP contribution in [0.15, 0.2) is 11.3 Å². The molecule has 6 atom stereocenters. The summed E-state index contributed by atoms with van der Waals surface area (Å²) in [5.41, 5.74) is 8.57. The molecular formula is C21H32N2O2.